The Bertz CT molecular complexity index is 1100. The summed E-state index contributed by atoms with van der Waals surface area (Å²) in [6, 6.07) is 4.09. The van der Waals surface area contributed by atoms with Crippen LogP contribution in [0.4, 0.5) is 4.79 Å². The normalized spacial score (nSPS) is 31.8. The second-order valence-electron chi connectivity index (χ2n) is 11.9. The Labute approximate surface area is 213 Å². The highest BCUT2D eigenvalue weighted by molar-refractivity contribution is 5.75. The van der Waals surface area contributed by atoms with E-state index in [1.165, 1.54) is 12.8 Å². The maximum Gasteiger partial charge on any atom is 0.320 e. The molecule has 6 rings (SSSR count). The number of hydrogen-bond donors (Lipinski definition) is 2. The van der Waals surface area contributed by atoms with Crippen LogP contribution < -0.4 is 10.9 Å². The minimum absolute atomic E-state index is 0.0160. The highest BCUT2D eigenvalue weighted by Crippen LogP contribution is 2.52. The molecule has 2 aliphatic heterocycles. The molecule has 3 aliphatic carbocycles. The lowest BCUT2D eigenvalue weighted by Gasteiger charge is -2.53. The van der Waals surface area contributed by atoms with Crippen LogP contribution in [0.5, 0.6) is 0 Å². The van der Waals surface area contributed by atoms with Crippen LogP contribution in [-0.4, -0.2) is 69.9 Å². The van der Waals surface area contributed by atoms with Gasteiger partial charge in [-0.1, -0.05) is 37.1 Å². The lowest BCUT2D eigenvalue weighted by atomic mass is 9.66. The number of amides is 2. The number of carbonyl (C=O) groups is 1. The summed E-state index contributed by atoms with van der Waals surface area (Å²) in [6.07, 6.45) is 18.2. The summed E-state index contributed by atoms with van der Waals surface area (Å²) in [5, 5.41) is 15.6. The van der Waals surface area contributed by atoms with E-state index in [1.54, 1.807) is 10.6 Å². The van der Waals surface area contributed by atoms with E-state index in [0.29, 0.717) is 44.4 Å². The van der Waals surface area contributed by atoms with Crippen molar-refractivity contribution in [1.29, 1.82) is 0 Å². The first kappa shape index (κ1) is 24.0. The number of aromatic nitrogens is 1. The Balaban J connectivity index is 1.21. The van der Waals surface area contributed by atoms with E-state index >= 15 is 0 Å². The molecule has 2 N–H and O–H groups in total. The van der Waals surface area contributed by atoms with Crippen LogP contribution in [0.1, 0.15) is 62.8 Å². The summed E-state index contributed by atoms with van der Waals surface area (Å²) < 4.78 is 1.71. The van der Waals surface area contributed by atoms with Crippen LogP contribution in [-0.2, 0) is 6.54 Å². The predicted molar refractivity (Wildman–Crippen MR) is 140 cm³/mol. The molecule has 3 heterocycles. The van der Waals surface area contributed by atoms with E-state index in [4.69, 9.17) is 0 Å². The van der Waals surface area contributed by atoms with Crippen molar-refractivity contribution < 1.29 is 9.90 Å². The van der Waals surface area contributed by atoms with E-state index in [1.807, 2.05) is 11.1 Å². The number of piperidine rings is 1. The van der Waals surface area contributed by atoms with Crippen molar-refractivity contribution in [2.24, 2.45) is 11.3 Å². The van der Waals surface area contributed by atoms with Crippen molar-refractivity contribution in [3.63, 3.8) is 0 Å². The third kappa shape index (κ3) is 4.34. The van der Waals surface area contributed by atoms with Gasteiger partial charge < -0.3 is 24.8 Å². The van der Waals surface area contributed by atoms with E-state index < -0.39 is 5.60 Å². The van der Waals surface area contributed by atoms with Gasteiger partial charge in [-0.2, -0.15) is 0 Å². The fourth-order valence-corrected chi connectivity index (χ4v) is 7.28. The zero-order chi connectivity index (χ0) is 24.8. The fraction of sp³-hybridized carbons (Fsp3) is 0.655. The first-order valence-corrected chi connectivity index (χ1v) is 14.0. The molecule has 0 radical (unpaired) electrons. The van der Waals surface area contributed by atoms with Gasteiger partial charge in [-0.3, -0.25) is 4.79 Å². The van der Waals surface area contributed by atoms with Crippen LogP contribution in [0.2, 0.25) is 0 Å². The van der Waals surface area contributed by atoms with Gasteiger partial charge in [0.25, 0.3) is 5.56 Å². The lowest BCUT2D eigenvalue weighted by molar-refractivity contribution is -0.137. The number of hydrogen-bond acceptors (Lipinski definition) is 4. The maximum absolute atomic E-state index is 13.9. The van der Waals surface area contributed by atoms with Crippen LogP contribution in [0.15, 0.2) is 47.4 Å². The molecular formula is C29H40N4O3. The molecule has 0 aromatic carbocycles. The number of carbonyl (C=O) groups excluding carboxylic acids is 1. The van der Waals surface area contributed by atoms with Gasteiger partial charge in [-0.15, -0.1) is 0 Å². The first-order valence-electron chi connectivity index (χ1n) is 14.0. The Kier molecular flexibility index (Phi) is 6.32. The number of allylic oxidation sites excluding steroid dienone is 3. The number of nitrogens with one attached hydrogen (secondary N) is 1. The second kappa shape index (κ2) is 9.49. The minimum Gasteiger partial charge on any atom is -0.387 e. The van der Waals surface area contributed by atoms with E-state index in [2.05, 4.69) is 40.6 Å². The first-order chi connectivity index (χ1) is 17.5. The summed E-state index contributed by atoms with van der Waals surface area (Å²) >= 11 is 0. The molecule has 2 saturated carbocycles. The average Bonchev–Trinajstić information content (AvgIpc) is 3.65. The molecule has 7 heteroatoms. The van der Waals surface area contributed by atoms with Gasteiger partial charge in [0, 0.05) is 56.3 Å². The molecule has 4 fully saturated rings. The minimum atomic E-state index is -0.981. The van der Waals surface area contributed by atoms with E-state index in [9.17, 15) is 14.7 Å². The number of rotatable bonds is 4. The topological polar surface area (TPSA) is 77.8 Å². The van der Waals surface area contributed by atoms with Gasteiger partial charge >= 0.3 is 6.03 Å². The predicted octanol–water partition coefficient (Wildman–Crippen LogP) is 3.25. The van der Waals surface area contributed by atoms with Crippen molar-refractivity contribution in [3.8, 4) is 0 Å². The largest absolute Gasteiger partial charge is 0.387 e. The standard InChI is InChI=1S/C29H40N4O3/c34-26-18-24(22-8-9-22)10-15-31(26)21-29(36)13-16-32(20-28(29)11-4-5-12-28)27(35)33-17-14-30-19-25(33)23-6-2-1-3-7-23/h1-3,6,10,15,18,22-23,25,30,36H,4-5,7-9,11-14,16-17,19-21H2/t23?,25-,29+/m0/s1. The number of nitrogens with zero attached hydrogens (tertiary/aromatic N) is 3. The molecule has 1 aromatic rings. The summed E-state index contributed by atoms with van der Waals surface area (Å²) in [7, 11) is 0. The van der Waals surface area contributed by atoms with Crippen molar-refractivity contribution in [1.82, 2.24) is 19.7 Å². The molecule has 36 heavy (non-hydrogen) atoms. The quantitative estimate of drug-likeness (QED) is 0.677. The van der Waals surface area contributed by atoms with Crippen molar-refractivity contribution in [2.45, 2.75) is 75.5 Å². The molecule has 2 saturated heterocycles. The monoisotopic (exact) mass is 492 g/mol. The highest BCUT2D eigenvalue weighted by atomic mass is 16.3. The fourth-order valence-electron chi connectivity index (χ4n) is 7.28. The van der Waals surface area contributed by atoms with Gasteiger partial charge in [-0.25, -0.2) is 4.79 Å². The van der Waals surface area contributed by atoms with Crippen LogP contribution in [0, 0.1) is 11.3 Å². The number of piperazine rings is 1. The van der Waals surface area contributed by atoms with Crippen molar-refractivity contribution in [2.75, 3.05) is 32.7 Å². The van der Waals surface area contributed by atoms with Gasteiger partial charge in [0.2, 0.25) is 0 Å². The van der Waals surface area contributed by atoms with Crippen molar-refractivity contribution in [3.05, 3.63) is 58.6 Å². The van der Waals surface area contributed by atoms with Crippen LogP contribution >= 0.6 is 0 Å². The Morgan fingerprint density at radius 1 is 1.14 bits per heavy atom. The molecule has 1 spiro atoms. The molecule has 2 amide bonds. The third-order valence-corrected chi connectivity index (χ3v) is 9.64. The summed E-state index contributed by atoms with van der Waals surface area (Å²) in [5.41, 5.74) is -0.219. The number of aliphatic hydroxyl groups is 1. The average molecular weight is 493 g/mol. The summed E-state index contributed by atoms with van der Waals surface area (Å²) in [6.45, 7) is 3.77. The Morgan fingerprint density at radius 3 is 2.69 bits per heavy atom. The zero-order valence-electron chi connectivity index (χ0n) is 21.3. The second-order valence-corrected chi connectivity index (χ2v) is 11.9. The zero-order valence-corrected chi connectivity index (χ0v) is 21.3. The summed E-state index contributed by atoms with van der Waals surface area (Å²) in [5.74, 6) is 0.874. The Hall–Kier alpha value is -2.38. The van der Waals surface area contributed by atoms with Crippen LogP contribution in [0.25, 0.3) is 0 Å². The molecule has 0 bridgehead atoms. The summed E-state index contributed by atoms with van der Waals surface area (Å²) in [4.78, 5) is 30.9. The van der Waals surface area contributed by atoms with Crippen molar-refractivity contribution >= 4 is 6.03 Å². The van der Waals surface area contributed by atoms with E-state index in [-0.39, 0.29) is 23.0 Å². The number of likely N-dealkylation sites (tertiary alicyclic amines) is 1. The van der Waals surface area contributed by atoms with Gasteiger partial charge in [-0.05, 0) is 56.1 Å². The highest BCUT2D eigenvalue weighted by Gasteiger charge is 2.56. The van der Waals surface area contributed by atoms with Gasteiger partial charge in [0.1, 0.15) is 0 Å². The smallest absolute Gasteiger partial charge is 0.320 e. The molecule has 1 unspecified atom stereocenters. The molecule has 194 valence electrons. The maximum atomic E-state index is 13.9. The van der Waals surface area contributed by atoms with Gasteiger partial charge in [0.05, 0.1) is 18.2 Å². The molecule has 3 atom stereocenters. The third-order valence-electron chi connectivity index (χ3n) is 9.64. The lowest BCUT2D eigenvalue weighted by Crippen LogP contribution is -2.66. The molecule has 7 nitrogen and oxygen atoms in total. The molecule has 1 aromatic heterocycles. The molecule has 5 aliphatic rings. The number of pyridine rings is 1. The van der Waals surface area contributed by atoms with Gasteiger partial charge in [0.15, 0.2) is 0 Å². The molecular weight excluding hydrogens is 452 g/mol. The Morgan fingerprint density at radius 2 is 1.97 bits per heavy atom. The van der Waals surface area contributed by atoms with E-state index in [0.717, 1.165) is 50.8 Å². The number of urea groups is 1. The SMILES string of the molecule is O=C(N1CC[C@@](O)(Cn2ccc(C3CC3)cc2=O)C2(CCCC2)C1)N1CCNC[C@H]1C1C=CC=CC1. The van der Waals surface area contributed by atoms with Crippen LogP contribution in [0.3, 0.4) is 0 Å².